The van der Waals surface area contributed by atoms with Crippen molar-refractivity contribution in [1.82, 2.24) is 0 Å². The quantitative estimate of drug-likeness (QED) is 0.911. The van der Waals surface area contributed by atoms with Crippen LogP contribution in [0.3, 0.4) is 0 Å². The van der Waals surface area contributed by atoms with Crippen molar-refractivity contribution in [1.29, 1.82) is 0 Å². The minimum atomic E-state index is -0.00397. The lowest BCUT2D eigenvalue weighted by Gasteiger charge is -2.25. The Bertz CT molecular complexity index is 624. The number of hydrogen-bond donors (Lipinski definition) is 1. The van der Waals surface area contributed by atoms with E-state index in [4.69, 9.17) is 21.4 Å². The Morgan fingerprint density at radius 2 is 2.05 bits per heavy atom. The zero-order valence-electron chi connectivity index (χ0n) is 11.9. The molecule has 0 heterocycles. The third-order valence-corrected chi connectivity index (χ3v) is 4.41. The van der Waals surface area contributed by atoms with E-state index in [0.717, 1.165) is 12.0 Å². The van der Waals surface area contributed by atoms with E-state index in [1.54, 1.807) is 6.07 Å². The average Bonchev–Trinajstić information content (AvgIpc) is 2.53. The fraction of sp³-hybridized carbons (Fsp3) is 0.333. The number of ether oxygens (including phenoxy) is 1. The van der Waals surface area contributed by atoms with Gasteiger partial charge < -0.3 is 9.84 Å². The van der Waals surface area contributed by atoms with Gasteiger partial charge in [0.15, 0.2) is 0 Å². The smallest absolute Gasteiger partial charge is 0.137 e. The van der Waals surface area contributed by atoms with E-state index in [2.05, 4.69) is 24.3 Å². The van der Waals surface area contributed by atoms with Crippen molar-refractivity contribution in [3.8, 4) is 5.75 Å². The van der Waals surface area contributed by atoms with E-state index in [-0.39, 0.29) is 6.61 Å². The van der Waals surface area contributed by atoms with Crippen LogP contribution in [0.4, 0.5) is 0 Å². The summed E-state index contributed by atoms with van der Waals surface area (Å²) in [6, 6.07) is 14.1. The van der Waals surface area contributed by atoms with Crippen molar-refractivity contribution in [3.05, 3.63) is 64.2 Å². The summed E-state index contributed by atoms with van der Waals surface area (Å²) in [4.78, 5) is 0. The first-order chi connectivity index (χ1) is 10.3. The first-order valence-electron chi connectivity index (χ1n) is 7.38. The fourth-order valence-electron chi connectivity index (χ4n) is 2.98. The van der Waals surface area contributed by atoms with Crippen LogP contribution in [0.1, 0.15) is 35.4 Å². The van der Waals surface area contributed by atoms with Crippen molar-refractivity contribution < 1.29 is 9.84 Å². The van der Waals surface area contributed by atoms with Crippen LogP contribution in [0, 0.1) is 0 Å². The Kier molecular flexibility index (Phi) is 4.47. The number of aryl methyl sites for hydroxylation is 1. The molecule has 0 fully saturated rings. The van der Waals surface area contributed by atoms with Gasteiger partial charge in [0.1, 0.15) is 5.75 Å². The standard InChI is InChI=1S/C18H19ClO2/c19-17-10-13(11-20)8-9-18(17)21-12-15-6-3-5-14-4-1-2-7-16(14)15/h1-2,4,7-10,15,20H,3,5-6,11-12H2. The van der Waals surface area contributed by atoms with E-state index < -0.39 is 0 Å². The highest BCUT2D eigenvalue weighted by molar-refractivity contribution is 6.32. The lowest BCUT2D eigenvalue weighted by molar-refractivity contribution is 0.272. The maximum Gasteiger partial charge on any atom is 0.137 e. The molecule has 0 amide bonds. The second-order valence-corrected chi connectivity index (χ2v) is 5.93. The summed E-state index contributed by atoms with van der Waals surface area (Å²) in [5.41, 5.74) is 3.65. The first kappa shape index (κ1) is 14.4. The molecule has 0 aromatic heterocycles. The highest BCUT2D eigenvalue weighted by atomic mass is 35.5. The molecule has 0 bridgehead atoms. The van der Waals surface area contributed by atoms with E-state index in [0.29, 0.717) is 23.3 Å². The molecular formula is C18H19ClO2. The van der Waals surface area contributed by atoms with Crippen molar-refractivity contribution in [2.75, 3.05) is 6.61 Å². The van der Waals surface area contributed by atoms with Crippen molar-refractivity contribution >= 4 is 11.6 Å². The molecule has 1 aliphatic carbocycles. The highest BCUT2D eigenvalue weighted by Gasteiger charge is 2.20. The monoisotopic (exact) mass is 302 g/mol. The van der Waals surface area contributed by atoms with Crippen LogP contribution >= 0.6 is 11.6 Å². The molecule has 3 rings (SSSR count). The summed E-state index contributed by atoms with van der Waals surface area (Å²) in [5, 5.41) is 9.66. The maximum absolute atomic E-state index is 9.10. The summed E-state index contributed by atoms with van der Waals surface area (Å²) in [7, 11) is 0. The number of fused-ring (bicyclic) bond motifs is 1. The van der Waals surface area contributed by atoms with Gasteiger partial charge in [0.2, 0.25) is 0 Å². The molecule has 0 radical (unpaired) electrons. The van der Waals surface area contributed by atoms with Crippen LogP contribution in [-0.2, 0) is 13.0 Å². The SMILES string of the molecule is OCc1ccc(OCC2CCCc3ccccc32)c(Cl)c1. The van der Waals surface area contributed by atoms with Gasteiger partial charge in [-0.1, -0.05) is 41.9 Å². The summed E-state index contributed by atoms with van der Waals surface area (Å²) in [6.07, 6.45) is 3.53. The summed E-state index contributed by atoms with van der Waals surface area (Å²) < 4.78 is 5.92. The van der Waals surface area contributed by atoms with Gasteiger partial charge in [-0.05, 0) is 48.1 Å². The Morgan fingerprint density at radius 3 is 2.86 bits per heavy atom. The zero-order valence-corrected chi connectivity index (χ0v) is 12.6. The molecule has 3 heteroatoms. The molecule has 0 aliphatic heterocycles. The van der Waals surface area contributed by atoms with E-state index >= 15 is 0 Å². The van der Waals surface area contributed by atoms with Gasteiger partial charge in [-0.2, -0.15) is 0 Å². The number of halogens is 1. The molecule has 1 aliphatic rings. The predicted molar refractivity (Wildman–Crippen MR) is 85.0 cm³/mol. The van der Waals surface area contributed by atoms with Gasteiger partial charge in [0, 0.05) is 5.92 Å². The van der Waals surface area contributed by atoms with Crippen LogP contribution in [0.25, 0.3) is 0 Å². The third kappa shape index (κ3) is 3.22. The van der Waals surface area contributed by atoms with Crippen LogP contribution in [-0.4, -0.2) is 11.7 Å². The van der Waals surface area contributed by atoms with E-state index in [1.807, 2.05) is 12.1 Å². The Balaban J connectivity index is 1.71. The minimum Gasteiger partial charge on any atom is -0.491 e. The van der Waals surface area contributed by atoms with Crippen molar-refractivity contribution in [3.63, 3.8) is 0 Å². The van der Waals surface area contributed by atoms with Crippen molar-refractivity contribution in [2.24, 2.45) is 0 Å². The molecule has 0 spiro atoms. The molecule has 1 unspecified atom stereocenters. The molecule has 0 saturated heterocycles. The number of rotatable bonds is 4. The third-order valence-electron chi connectivity index (χ3n) is 4.11. The van der Waals surface area contributed by atoms with Crippen LogP contribution in [0.5, 0.6) is 5.75 Å². The van der Waals surface area contributed by atoms with Gasteiger partial charge in [0.05, 0.1) is 18.2 Å². The Labute approximate surface area is 130 Å². The number of aliphatic hydroxyl groups excluding tert-OH is 1. The molecule has 2 aromatic rings. The second-order valence-electron chi connectivity index (χ2n) is 5.52. The average molecular weight is 303 g/mol. The van der Waals surface area contributed by atoms with Crippen molar-refractivity contribution in [2.45, 2.75) is 31.8 Å². The summed E-state index contributed by atoms with van der Waals surface area (Å²) in [5.74, 6) is 1.13. The van der Waals surface area contributed by atoms with Gasteiger partial charge in [-0.3, -0.25) is 0 Å². The molecule has 21 heavy (non-hydrogen) atoms. The predicted octanol–water partition coefficient (Wildman–Crippen LogP) is 4.33. The van der Waals surface area contributed by atoms with E-state index in [9.17, 15) is 0 Å². The summed E-state index contributed by atoms with van der Waals surface area (Å²) >= 11 is 6.19. The topological polar surface area (TPSA) is 29.5 Å². The molecular weight excluding hydrogens is 284 g/mol. The number of benzene rings is 2. The molecule has 1 atom stereocenters. The van der Waals surface area contributed by atoms with Gasteiger partial charge in [-0.25, -0.2) is 0 Å². The Hall–Kier alpha value is -1.51. The molecule has 0 saturated carbocycles. The largest absolute Gasteiger partial charge is 0.491 e. The van der Waals surface area contributed by atoms with E-state index in [1.165, 1.54) is 24.0 Å². The fourth-order valence-corrected chi connectivity index (χ4v) is 3.24. The lowest BCUT2D eigenvalue weighted by atomic mass is 9.83. The number of hydrogen-bond acceptors (Lipinski definition) is 2. The van der Waals surface area contributed by atoms with Gasteiger partial charge in [-0.15, -0.1) is 0 Å². The highest BCUT2D eigenvalue weighted by Crippen LogP contribution is 2.33. The molecule has 2 nitrogen and oxygen atoms in total. The number of aliphatic hydroxyl groups is 1. The zero-order chi connectivity index (χ0) is 14.7. The first-order valence-corrected chi connectivity index (χ1v) is 7.75. The normalized spacial score (nSPS) is 17.3. The second kappa shape index (κ2) is 6.50. The van der Waals surface area contributed by atoms with Crippen LogP contribution < -0.4 is 4.74 Å². The van der Waals surface area contributed by atoms with Crippen LogP contribution in [0.15, 0.2) is 42.5 Å². The summed E-state index contributed by atoms with van der Waals surface area (Å²) in [6.45, 7) is 0.644. The van der Waals surface area contributed by atoms with Crippen LogP contribution in [0.2, 0.25) is 5.02 Å². The maximum atomic E-state index is 9.10. The van der Waals surface area contributed by atoms with Gasteiger partial charge >= 0.3 is 0 Å². The molecule has 2 aromatic carbocycles. The minimum absolute atomic E-state index is 0.00397. The lowest BCUT2D eigenvalue weighted by Crippen LogP contribution is -2.16. The Morgan fingerprint density at radius 1 is 1.19 bits per heavy atom. The molecule has 110 valence electrons. The van der Waals surface area contributed by atoms with Gasteiger partial charge in [0.25, 0.3) is 0 Å². The molecule has 1 N–H and O–H groups in total.